The van der Waals surface area contributed by atoms with E-state index in [1.54, 1.807) is 0 Å². The molecule has 2 N–H and O–H groups in total. The lowest BCUT2D eigenvalue weighted by molar-refractivity contribution is 0.424. The number of nitrogens with zero attached hydrogens (tertiary/aromatic N) is 1. The van der Waals surface area contributed by atoms with E-state index in [0.29, 0.717) is 12.5 Å². The molecule has 0 saturated heterocycles. The van der Waals surface area contributed by atoms with Gasteiger partial charge < -0.3 is 10.2 Å². The monoisotopic (exact) mass is 182 g/mol. The summed E-state index contributed by atoms with van der Waals surface area (Å²) in [5, 5.41) is 0. The summed E-state index contributed by atoms with van der Waals surface area (Å²) in [7, 11) is 0. The zero-order chi connectivity index (χ0) is 9.68. The quantitative estimate of drug-likeness (QED) is 0.758. The SMILES string of the molecule is CCC(C)c1cnc(CCCN)o1. The second-order valence-electron chi connectivity index (χ2n) is 3.36. The first-order valence-corrected chi connectivity index (χ1v) is 4.92. The third-order valence-corrected chi connectivity index (χ3v) is 2.26. The van der Waals surface area contributed by atoms with Crippen molar-refractivity contribution in [1.29, 1.82) is 0 Å². The van der Waals surface area contributed by atoms with Crippen LogP contribution in [0.3, 0.4) is 0 Å². The van der Waals surface area contributed by atoms with Crippen LogP contribution >= 0.6 is 0 Å². The van der Waals surface area contributed by atoms with Gasteiger partial charge in [-0.3, -0.25) is 0 Å². The van der Waals surface area contributed by atoms with Gasteiger partial charge in [0.1, 0.15) is 5.76 Å². The minimum atomic E-state index is 0.471. The highest BCUT2D eigenvalue weighted by Gasteiger charge is 2.08. The normalized spacial score (nSPS) is 13.2. The van der Waals surface area contributed by atoms with Crippen LogP contribution in [0.15, 0.2) is 10.6 Å². The first-order valence-electron chi connectivity index (χ1n) is 4.92. The van der Waals surface area contributed by atoms with Gasteiger partial charge in [-0.1, -0.05) is 13.8 Å². The van der Waals surface area contributed by atoms with Gasteiger partial charge in [0, 0.05) is 12.3 Å². The average Bonchev–Trinajstić information content (AvgIpc) is 2.62. The molecular weight excluding hydrogens is 164 g/mol. The summed E-state index contributed by atoms with van der Waals surface area (Å²) in [6.07, 6.45) is 4.72. The standard InChI is InChI=1S/C10H18N2O/c1-3-8(2)9-7-12-10(13-9)5-4-6-11/h7-8H,3-6,11H2,1-2H3. The number of oxazole rings is 1. The Labute approximate surface area is 79.3 Å². The topological polar surface area (TPSA) is 52.0 Å². The minimum Gasteiger partial charge on any atom is -0.445 e. The van der Waals surface area contributed by atoms with Gasteiger partial charge >= 0.3 is 0 Å². The van der Waals surface area contributed by atoms with E-state index in [4.69, 9.17) is 10.2 Å². The lowest BCUT2D eigenvalue weighted by Crippen LogP contribution is -2.00. The van der Waals surface area contributed by atoms with Gasteiger partial charge in [0.15, 0.2) is 5.89 Å². The summed E-state index contributed by atoms with van der Waals surface area (Å²) < 4.78 is 5.57. The summed E-state index contributed by atoms with van der Waals surface area (Å²) in [6, 6.07) is 0. The van der Waals surface area contributed by atoms with Crippen molar-refractivity contribution in [3.63, 3.8) is 0 Å². The molecule has 0 aliphatic rings. The Morgan fingerprint density at radius 3 is 3.00 bits per heavy atom. The molecular formula is C10H18N2O. The summed E-state index contributed by atoms with van der Waals surface area (Å²) in [4.78, 5) is 4.20. The highest BCUT2D eigenvalue weighted by atomic mass is 16.4. The summed E-state index contributed by atoms with van der Waals surface area (Å²) >= 11 is 0. The van der Waals surface area contributed by atoms with Crippen LogP contribution < -0.4 is 5.73 Å². The number of hydrogen-bond acceptors (Lipinski definition) is 3. The Kier molecular flexibility index (Phi) is 3.96. The van der Waals surface area contributed by atoms with Crippen molar-refractivity contribution < 1.29 is 4.42 Å². The molecule has 0 aliphatic heterocycles. The van der Waals surface area contributed by atoms with E-state index in [2.05, 4.69) is 18.8 Å². The van der Waals surface area contributed by atoms with Crippen LogP contribution in [0, 0.1) is 0 Å². The highest BCUT2D eigenvalue weighted by molar-refractivity contribution is 5.00. The van der Waals surface area contributed by atoms with Gasteiger partial charge in [-0.05, 0) is 19.4 Å². The van der Waals surface area contributed by atoms with Gasteiger partial charge in [-0.25, -0.2) is 4.98 Å². The highest BCUT2D eigenvalue weighted by Crippen LogP contribution is 2.19. The summed E-state index contributed by atoms with van der Waals surface area (Å²) in [5.74, 6) is 2.29. The Morgan fingerprint density at radius 1 is 1.62 bits per heavy atom. The average molecular weight is 182 g/mol. The fourth-order valence-electron chi connectivity index (χ4n) is 1.12. The molecule has 1 atom stereocenters. The second kappa shape index (κ2) is 5.02. The van der Waals surface area contributed by atoms with E-state index in [9.17, 15) is 0 Å². The van der Waals surface area contributed by atoms with Crippen molar-refractivity contribution in [2.45, 2.75) is 39.0 Å². The van der Waals surface area contributed by atoms with Crippen LogP contribution in [0.5, 0.6) is 0 Å². The number of rotatable bonds is 5. The maximum Gasteiger partial charge on any atom is 0.194 e. The molecule has 1 heterocycles. The van der Waals surface area contributed by atoms with Gasteiger partial charge in [0.25, 0.3) is 0 Å². The molecule has 0 bridgehead atoms. The lowest BCUT2D eigenvalue weighted by Gasteiger charge is -2.01. The number of hydrogen-bond donors (Lipinski definition) is 1. The van der Waals surface area contributed by atoms with Crippen LogP contribution in [-0.4, -0.2) is 11.5 Å². The molecule has 0 spiro atoms. The van der Waals surface area contributed by atoms with E-state index >= 15 is 0 Å². The van der Waals surface area contributed by atoms with Crippen LogP contribution in [-0.2, 0) is 6.42 Å². The Hall–Kier alpha value is -0.830. The van der Waals surface area contributed by atoms with E-state index in [-0.39, 0.29) is 0 Å². The predicted molar refractivity (Wildman–Crippen MR) is 52.6 cm³/mol. The van der Waals surface area contributed by atoms with Crippen molar-refractivity contribution in [3.8, 4) is 0 Å². The Bertz CT molecular complexity index is 245. The molecule has 1 aromatic heterocycles. The van der Waals surface area contributed by atoms with Gasteiger partial charge in [0.05, 0.1) is 6.20 Å². The van der Waals surface area contributed by atoms with Crippen molar-refractivity contribution >= 4 is 0 Å². The van der Waals surface area contributed by atoms with E-state index in [1.165, 1.54) is 0 Å². The zero-order valence-corrected chi connectivity index (χ0v) is 8.42. The first kappa shape index (κ1) is 10.3. The molecule has 3 heteroatoms. The molecule has 0 aliphatic carbocycles. The molecule has 1 rings (SSSR count). The Morgan fingerprint density at radius 2 is 2.38 bits per heavy atom. The largest absolute Gasteiger partial charge is 0.445 e. The maximum atomic E-state index is 5.57. The van der Waals surface area contributed by atoms with E-state index < -0.39 is 0 Å². The molecule has 3 nitrogen and oxygen atoms in total. The molecule has 0 amide bonds. The molecule has 74 valence electrons. The zero-order valence-electron chi connectivity index (χ0n) is 8.42. The molecule has 13 heavy (non-hydrogen) atoms. The lowest BCUT2D eigenvalue weighted by atomic mass is 10.1. The van der Waals surface area contributed by atoms with Gasteiger partial charge in [0.2, 0.25) is 0 Å². The molecule has 0 saturated carbocycles. The molecule has 1 aromatic rings. The predicted octanol–water partition coefficient (Wildman–Crippen LogP) is 2.08. The van der Waals surface area contributed by atoms with Crippen LogP contribution in [0.4, 0.5) is 0 Å². The molecule has 0 aromatic carbocycles. The van der Waals surface area contributed by atoms with Crippen molar-refractivity contribution in [2.75, 3.05) is 6.54 Å². The number of aromatic nitrogens is 1. The summed E-state index contributed by atoms with van der Waals surface area (Å²) in [5.41, 5.74) is 5.40. The van der Waals surface area contributed by atoms with Crippen LogP contribution in [0.1, 0.15) is 44.3 Å². The smallest absolute Gasteiger partial charge is 0.194 e. The third kappa shape index (κ3) is 2.84. The number of aryl methyl sites for hydroxylation is 1. The van der Waals surface area contributed by atoms with Crippen molar-refractivity contribution in [2.24, 2.45) is 5.73 Å². The molecule has 0 fully saturated rings. The Balaban J connectivity index is 2.53. The minimum absolute atomic E-state index is 0.471. The third-order valence-electron chi connectivity index (χ3n) is 2.26. The second-order valence-corrected chi connectivity index (χ2v) is 3.36. The van der Waals surface area contributed by atoms with Crippen molar-refractivity contribution in [1.82, 2.24) is 4.98 Å². The van der Waals surface area contributed by atoms with Crippen LogP contribution in [0.25, 0.3) is 0 Å². The van der Waals surface area contributed by atoms with Gasteiger partial charge in [-0.15, -0.1) is 0 Å². The summed E-state index contributed by atoms with van der Waals surface area (Å²) in [6.45, 7) is 4.99. The maximum absolute atomic E-state index is 5.57. The van der Waals surface area contributed by atoms with E-state index in [0.717, 1.165) is 30.9 Å². The van der Waals surface area contributed by atoms with Crippen molar-refractivity contribution in [3.05, 3.63) is 17.8 Å². The fourth-order valence-corrected chi connectivity index (χ4v) is 1.12. The van der Waals surface area contributed by atoms with Gasteiger partial charge in [-0.2, -0.15) is 0 Å². The van der Waals surface area contributed by atoms with Crippen LogP contribution in [0.2, 0.25) is 0 Å². The fraction of sp³-hybridized carbons (Fsp3) is 0.700. The number of nitrogens with two attached hydrogens (primary N) is 1. The van der Waals surface area contributed by atoms with E-state index in [1.807, 2.05) is 6.20 Å². The molecule has 1 unspecified atom stereocenters. The first-order chi connectivity index (χ1) is 6.27. The molecule has 0 radical (unpaired) electrons.